The second kappa shape index (κ2) is 9.68. The van der Waals surface area contributed by atoms with Gasteiger partial charge < -0.3 is 14.8 Å². The van der Waals surface area contributed by atoms with E-state index in [4.69, 9.17) is 9.47 Å². The van der Waals surface area contributed by atoms with Crippen LogP contribution in [-0.2, 0) is 0 Å². The van der Waals surface area contributed by atoms with E-state index < -0.39 is 0 Å². The summed E-state index contributed by atoms with van der Waals surface area (Å²) < 4.78 is 10.9. The average molecular weight is 265 g/mol. The van der Waals surface area contributed by atoms with E-state index in [2.05, 4.69) is 19.2 Å². The Labute approximate surface area is 117 Å². The van der Waals surface area contributed by atoms with Gasteiger partial charge in [0.05, 0.1) is 7.11 Å². The molecule has 3 heteroatoms. The number of hydrogen-bond acceptors (Lipinski definition) is 3. The number of hydrogen-bond donors (Lipinski definition) is 1. The first kappa shape index (κ1) is 15.8. The summed E-state index contributed by atoms with van der Waals surface area (Å²) >= 11 is 0. The fraction of sp³-hybridized carbons (Fsp3) is 0.625. The highest BCUT2D eigenvalue weighted by atomic mass is 16.5. The monoisotopic (exact) mass is 265 g/mol. The molecule has 0 aliphatic heterocycles. The second-order valence-electron chi connectivity index (χ2n) is 5.14. The van der Waals surface area contributed by atoms with Crippen LogP contribution in [0.15, 0.2) is 24.3 Å². The zero-order valence-electron chi connectivity index (χ0n) is 12.4. The SMILES string of the molecule is COc1ccccc1OCCNCCCCC(C)C. The molecule has 19 heavy (non-hydrogen) atoms. The molecule has 0 amide bonds. The van der Waals surface area contributed by atoms with Crippen LogP contribution in [0.5, 0.6) is 11.5 Å². The van der Waals surface area contributed by atoms with Crippen LogP contribution in [0.25, 0.3) is 0 Å². The zero-order chi connectivity index (χ0) is 13.9. The topological polar surface area (TPSA) is 30.5 Å². The molecule has 108 valence electrons. The van der Waals surface area contributed by atoms with E-state index in [1.54, 1.807) is 7.11 Å². The van der Waals surface area contributed by atoms with Crippen molar-refractivity contribution in [2.45, 2.75) is 33.1 Å². The molecule has 0 unspecified atom stereocenters. The summed E-state index contributed by atoms with van der Waals surface area (Å²) in [6, 6.07) is 7.74. The Hall–Kier alpha value is -1.22. The molecule has 1 aromatic carbocycles. The lowest BCUT2D eigenvalue weighted by atomic mass is 10.1. The second-order valence-corrected chi connectivity index (χ2v) is 5.14. The minimum Gasteiger partial charge on any atom is -0.493 e. The zero-order valence-corrected chi connectivity index (χ0v) is 12.4. The minimum atomic E-state index is 0.671. The maximum absolute atomic E-state index is 5.69. The van der Waals surface area contributed by atoms with Gasteiger partial charge in [-0.25, -0.2) is 0 Å². The number of rotatable bonds is 10. The maximum Gasteiger partial charge on any atom is 0.161 e. The van der Waals surface area contributed by atoms with E-state index in [1.165, 1.54) is 19.3 Å². The van der Waals surface area contributed by atoms with Crippen molar-refractivity contribution in [3.8, 4) is 11.5 Å². The lowest BCUT2D eigenvalue weighted by Gasteiger charge is -2.11. The lowest BCUT2D eigenvalue weighted by Crippen LogP contribution is -2.22. The van der Waals surface area contributed by atoms with Crippen molar-refractivity contribution in [2.24, 2.45) is 5.92 Å². The molecule has 0 aliphatic carbocycles. The van der Waals surface area contributed by atoms with E-state index in [0.717, 1.165) is 30.5 Å². The van der Waals surface area contributed by atoms with Gasteiger partial charge in [0.2, 0.25) is 0 Å². The number of nitrogens with one attached hydrogen (secondary N) is 1. The molecule has 1 N–H and O–H groups in total. The predicted molar refractivity (Wildman–Crippen MR) is 80.0 cm³/mol. The summed E-state index contributed by atoms with van der Waals surface area (Å²) in [5, 5.41) is 3.40. The third-order valence-corrected chi connectivity index (χ3v) is 2.99. The van der Waals surface area contributed by atoms with Gasteiger partial charge >= 0.3 is 0 Å². The fourth-order valence-electron chi connectivity index (χ4n) is 1.90. The quantitative estimate of drug-likeness (QED) is 0.657. The third kappa shape index (κ3) is 7.06. The van der Waals surface area contributed by atoms with Crippen LogP contribution >= 0.6 is 0 Å². The van der Waals surface area contributed by atoms with Gasteiger partial charge in [0.25, 0.3) is 0 Å². The molecule has 0 saturated heterocycles. The van der Waals surface area contributed by atoms with Gasteiger partial charge in [-0.2, -0.15) is 0 Å². The van der Waals surface area contributed by atoms with Gasteiger partial charge in [-0.1, -0.05) is 38.8 Å². The van der Waals surface area contributed by atoms with Crippen molar-refractivity contribution in [1.82, 2.24) is 5.32 Å². The Morgan fingerprint density at radius 3 is 2.47 bits per heavy atom. The molecule has 0 radical (unpaired) electrons. The summed E-state index contributed by atoms with van der Waals surface area (Å²) in [4.78, 5) is 0. The highest BCUT2D eigenvalue weighted by molar-refractivity contribution is 5.39. The van der Waals surface area contributed by atoms with Crippen LogP contribution in [0.3, 0.4) is 0 Å². The molecule has 0 fully saturated rings. The Bertz CT molecular complexity index is 339. The lowest BCUT2D eigenvalue weighted by molar-refractivity contribution is 0.292. The van der Waals surface area contributed by atoms with E-state index >= 15 is 0 Å². The Morgan fingerprint density at radius 2 is 1.79 bits per heavy atom. The van der Waals surface area contributed by atoms with Gasteiger partial charge in [0.15, 0.2) is 11.5 Å². The van der Waals surface area contributed by atoms with E-state index in [0.29, 0.717) is 6.61 Å². The summed E-state index contributed by atoms with van der Waals surface area (Å²) in [6.07, 6.45) is 3.87. The Balaban J connectivity index is 2.04. The Kier molecular flexibility index (Phi) is 8.07. The first-order valence-electron chi connectivity index (χ1n) is 7.20. The van der Waals surface area contributed by atoms with Crippen LogP contribution < -0.4 is 14.8 Å². The largest absolute Gasteiger partial charge is 0.493 e. The number of methoxy groups -OCH3 is 1. The number of benzene rings is 1. The van der Waals surface area contributed by atoms with E-state index in [1.807, 2.05) is 24.3 Å². The molecule has 0 spiro atoms. The van der Waals surface area contributed by atoms with Crippen LogP contribution in [0.2, 0.25) is 0 Å². The van der Waals surface area contributed by atoms with Gasteiger partial charge in [-0.15, -0.1) is 0 Å². The maximum atomic E-state index is 5.69. The van der Waals surface area contributed by atoms with Crippen molar-refractivity contribution in [3.63, 3.8) is 0 Å². The number of para-hydroxylation sites is 2. The molecule has 0 atom stereocenters. The molecule has 0 bridgehead atoms. The van der Waals surface area contributed by atoms with Crippen molar-refractivity contribution in [2.75, 3.05) is 26.8 Å². The standard InChI is InChI=1S/C16H27NO2/c1-14(2)8-6-7-11-17-12-13-19-16-10-5-4-9-15(16)18-3/h4-5,9-10,14,17H,6-8,11-13H2,1-3H3. The van der Waals surface area contributed by atoms with Crippen molar-refractivity contribution < 1.29 is 9.47 Å². The molecule has 1 aromatic rings. The van der Waals surface area contributed by atoms with E-state index in [-0.39, 0.29) is 0 Å². The summed E-state index contributed by atoms with van der Waals surface area (Å²) in [6.45, 7) is 7.16. The first-order valence-corrected chi connectivity index (χ1v) is 7.20. The average Bonchev–Trinajstić information content (AvgIpc) is 2.42. The highest BCUT2D eigenvalue weighted by Gasteiger charge is 2.01. The summed E-state index contributed by atoms with van der Waals surface area (Å²) in [5.41, 5.74) is 0. The molecule has 0 heterocycles. The molecule has 0 saturated carbocycles. The normalized spacial score (nSPS) is 10.7. The minimum absolute atomic E-state index is 0.671. The number of unbranched alkanes of at least 4 members (excludes halogenated alkanes) is 1. The highest BCUT2D eigenvalue weighted by Crippen LogP contribution is 2.25. The van der Waals surface area contributed by atoms with Crippen molar-refractivity contribution in [3.05, 3.63) is 24.3 Å². The van der Waals surface area contributed by atoms with Gasteiger partial charge in [0, 0.05) is 6.54 Å². The summed E-state index contributed by atoms with van der Waals surface area (Å²) in [5.74, 6) is 2.42. The summed E-state index contributed by atoms with van der Waals surface area (Å²) in [7, 11) is 1.66. The van der Waals surface area contributed by atoms with Crippen LogP contribution in [0, 0.1) is 5.92 Å². The molecule has 3 nitrogen and oxygen atoms in total. The van der Waals surface area contributed by atoms with Gasteiger partial charge in [-0.3, -0.25) is 0 Å². The van der Waals surface area contributed by atoms with E-state index in [9.17, 15) is 0 Å². The predicted octanol–water partition coefficient (Wildman–Crippen LogP) is 3.49. The third-order valence-electron chi connectivity index (χ3n) is 2.99. The smallest absolute Gasteiger partial charge is 0.161 e. The van der Waals surface area contributed by atoms with Crippen LogP contribution in [0.1, 0.15) is 33.1 Å². The molecular weight excluding hydrogens is 238 g/mol. The molecular formula is C16H27NO2. The van der Waals surface area contributed by atoms with Gasteiger partial charge in [-0.05, 0) is 31.0 Å². The van der Waals surface area contributed by atoms with Crippen molar-refractivity contribution >= 4 is 0 Å². The van der Waals surface area contributed by atoms with Crippen LogP contribution in [0.4, 0.5) is 0 Å². The molecule has 0 aromatic heterocycles. The van der Waals surface area contributed by atoms with Crippen molar-refractivity contribution in [1.29, 1.82) is 0 Å². The fourth-order valence-corrected chi connectivity index (χ4v) is 1.90. The molecule has 0 aliphatic rings. The van der Waals surface area contributed by atoms with Gasteiger partial charge in [0.1, 0.15) is 6.61 Å². The first-order chi connectivity index (χ1) is 9.24. The van der Waals surface area contributed by atoms with Crippen LogP contribution in [-0.4, -0.2) is 26.8 Å². The molecule has 1 rings (SSSR count). The Morgan fingerprint density at radius 1 is 1.05 bits per heavy atom. The number of ether oxygens (including phenoxy) is 2.